The third kappa shape index (κ3) is 2.90. The monoisotopic (exact) mass is 299 g/mol. The summed E-state index contributed by atoms with van der Waals surface area (Å²) in [6.07, 6.45) is 9.33. The van der Waals surface area contributed by atoms with E-state index in [0.29, 0.717) is 22.3 Å². The summed E-state index contributed by atoms with van der Waals surface area (Å²) < 4.78 is 30.5. The molecule has 0 aliphatic carbocycles. The average Bonchev–Trinajstić information content (AvgIpc) is 2.56. The maximum atomic E-state index is 12.8. The summed E-state index contributed by atoms with van der Waals surface area (Å²) in [4.78, 5) is 12.0. The van der Waals surface area contributed by atoms with Crippen molar-refractivity contribution in [3.63, 3.8) is 0 Å². The molecule has 3 rings (SSSR count). The van der Waals surface area contributed by atoms with E-state index in [4.69, 9.17) is 4.74 Å². The fourth-order valence-corrected chi connectivity index (χ4v) is 2.14. The third-order valence-corrected chi connectivity index (χ3v) is 3.09. The van der Waals surface area contributed by atoms with Gasteiger partial charge >= 0.3 is 6.61 Å². The molecular formula is C16H11F2N3O. The minimum Gasteiger partial charge on any atom is -0.433 e. The van der Waals surface area contributed by atoms with Gasteiger partial charge in [0.15, 0.2) is 0 Å². The summed E-state index contributed by atoms with van der Waals surface area (Å²) >= 11 is 0. The normalized spacial score (nSPS) is 10.7. The number of hydrogen-bond donors (Lipinski definition) is 0. The molecule has 6 heteroatoms. The molecule has 0 unspecified atom stereocenters. The smallest absolute Gasteiger partial charge is 0.387 e. The molecule has 0 aliphatic heterocycles. The predicted octanol–water partition coefficient (Wildman–Crippen LogP) is 3.81. The van der Waals surface area contributed by atoms with Gasteiger partial charge in [-0.3, -0.25) is 15.0 Å². The number of halogens is 2. The topological polar surface area (TPSA) is 47.9 Å². The number of alkyl halides is 2. The molecule has 0 amide bonds. The van der Waals surface area contributed by atoms with Crippen LogP contribution in [-0.2, 0) is 0 Å². The third-order valence-electron chi connectivity index (χ3n) is 3.09. The van der Waals surface area contributed by atoms with Gasteiger partial charge in [0, 0.05) is 48.3 Å². The lowest BCUT2D eigenvalue weighted by Gasteiger charge is -2.15. The first-order valence-electron chi connectivity index (χ1n) is 6.49. The van der Waals surface area contributed by atoms with Crippen molar-refractivity contribution in [2.75, 3.05) is 0 Å². The van der Waals surface area contributed by atoms with Crippen molar-refractivity contribution in [2.24, 2.45) is 0 Å². The first kappa shape index (κ1) is 14.1. The quantitative estimate of drug-likeness (QED) is 0.735. The van der Waals surface area contributed by atoms with Crippen molar-refractivity contribution in [2.45, 2.75) is 6.61 Å². The number of ether oxygens (including phenoxy) is 1. The lowest BCUT2D eigenvalue weighted by molar-refractivity contribution is -0.0491. The van der Waals surface area contributed by atoms with Crippen LogP contribution in [0.2, 0.25) is 0 Å². The summed E-state index contributed by atoms with van der Waals surface area (Å²) in [5.74, 6) is 0.0856. The van der Waals surface area contributed by atoms with Gasteiger partial charge in [-0.1, -0.05) is 0 Å². The zero-order valence-corrected chi connectivity index (χ0v) is 11.4. The highest BCUT2D eigenvalue weighted by Crippen LogP contribution is 2.38. The molecule has 0 radical (unpaired) electrons. The minimum atomic E-state index is -2.93. The Morgan fingerprint density at radius 2 is 1.18 bits per heavy atom. The molecule has 0 fully saturated rings. The number of hydrogen-bond acceptors (Lipinski definition) is 4. The fourth-order valence-electron chi connectivity index (χ4n) is 2.14. The van der Waals surface area contributed by atoms with Crippen molar-refractivity contribution in [1.82, 2.24) is 15.0 Å². The zero-order chi connectivity index (χ0) is 15.4. The van der Waals surface area contributed by atoms with Crippen LogP contribution in [0.1, 0.15) is 0 Å². The standard InChI is InChI=1S/C16H11F2N3O/c17-16(18)22-15-13(11-1-5-19-6-2-11)9-21-10-14(15)12-3-7-20-8-4-12/h1-10,16H. The Kier molecular flexibility index (Phi) is 4.00. The molecule has 0 N–H and O–H groups in total. The van der Waals surface area contributed by atoms with Gasteiger partial charge in [-0.15, -0.1) is 0 Å². The average molecular weight is 299 g/mol. The molecule has 0 aliphatic rings. The number of aromatic nitrogens is 3. The van der Waals surface area contributed by atoms with Crippen molar-refractivity contribution in [3.8, 4) is 28.0 Å². The molecule has 110 valence electrons. The van der Waals surface area contributed by atoms with E-state index in [9.17, 15) is 8.78 Å². The van der Waals surface area contributed by atoms with Crippen LogP contribution < -0.4 is 4.74 Å². The van der Waals surface area contributed by atoms with Crippen molar-refractivity contribution < 1.29 is 13.5 Å². The Morgan fingerprint density at radius 3 is 1.59 bits per heavy atom. The first-order valence-corrected chi connectivity index (χ1v) is 6.49. The number of pyridine rings is 3. The lowest BCUT2D eigenvalue weighted by atomic mass is 10.0. The fraction of sp³-hybridized carbons (Fsp3) is 0.0625. The molecule has 3 aromatic heterocycles. The Hall–Kier alpha value is -2.89. The van der Waals surface area contributed by atoms with E-state index in [0.717, 1.165) is 0 Å². The van der Waals surface area contributed by atoms with Gasteiger partial charge in [-0.2, -0.15) is 8.78 Å². The highest BCUT2D eigenvalue weighted by atomic mass is 19.3. The van der Waals surface area contributed by atoms with E-state index in [-0.39, 0.29) is 5.75 Å². The van der Waals surface area contributed by atoms with Crippen LogP contribution in [0.4, 0.5) is 8.78 Å². The van der Waals surface area contributed by atoms with E-state index < -0.39 is 6.61 Å². The van der Waals surface area contributed by atoms with Gasteiger partial charge in [0.05, 0.1) is 0 Å². The molecule has 0 atom stereocenters. The molecule has 0 saturated carbocycles. The van der Waals surface area contributed by atoms with Crippen molar-refractivity contribution >= 4 is 0 Å². The molecule has 3 aromatic rings. The molecule has 0 saturated heterocycles. The second-order valence-corrected chi connectivity index (χ2v) is 4.41. The number of nitrogens with zero attached hydrogens (tertiary/aromatic N) is 3. The van der Waals surface area contributed by atoms with E-state index in [1.54, 1.807) is 49.1 Å². The molecule has 4 nitrogen and oxygen atoms in total. The second-order valence-electron chi connectivity index (χ2n) is 4.41. The first-order chi connectivity index (χ1) is 10.8. The summed E-state index contributed by atoms with van der Waals surface area (Å²) in [7, 11) is 0. The molecule has 0 aromatic carbocycles. The number of rotatable bonds is 4. The van der Waals surface area contributed by atoms with Gasteiger partial charge in [0.1, 0.15) is 5.75 Å². The summed E-state index contributed by atoms with van der Waals surface area (Å²) in [5, 5.41) is 0. The van der Waals surface area contributed by atoms with Crippen LogP contribution in [0.15, 0.2) is 61.4 Å². The Morgan fingerprint density at radius 1 is 0.727 bits per heavy atom. The Bertz CT molecular complexity index is 694. The van der Waals surface area contributed by atoms with Crippen molar-refractivity contribution in [3.05, 3.63) is 61.4 Å². The van der Waals surface area contributed by atoms with Gasteiger partial charge in [0.25, 0.3) is 0 Å². The van der Waals surface area contributed by atoms with Gasteiger partial charge < -0.3 is 4.74 Å². The van der Waals surface area contributed by atoms with Crippen LogP contribution in [0.3, 0.4) is 0 Å². The van der Waals surface area contributed by atoms with Gasteiger partial charge in [0.2, 0.25) is 0 Å². The summed E-state index contributed by atoms with van der Waals surface area (Å²) in [5.41, 5.74) is 2.37. The molecule has 0 bridgehead atoms. The summed E-state index contributed by atoms with van der Waals surface area (Å²) in [6.45, 7) is -2.93. The van der Waals surface area contributed by atoms with E-state index in [1.165, 1.54) is 12.4 Å². The zero-order valence-electron chi connectivity index (χ0n) is 11.4. The lowest BCUT2D eigenvalue weighted by Crippen LogP contribution is -2.05. The highest BCUT2D eigenvalue weighted by molar-refractivity contribution is 5.80. The van der Waals surface area contributed by atoms with Crippen molar-refractivity contribution in [1.29, 1.82) is 0 Å². The molecule has 3 heterocycles. The SMILES string of the molecule is FC(F)Oc1c(-c2ccncc2)cncc1-c1ccncc1. The van der Waals surface area contributed by atoms with Crippen LogP contribution in [0, 0.1) is 0 Å². The summed E-state index contributed by atoms with van der Waals surface area (Å²) in [6, 6.07) is 6.86. The van der Waals surface area contributed by atoms with E-state index in [2.05, 4.69) is 15.0 Å². The van der Waals surface area contributed by atoms with Crippen LogP contribution in [0.5, 0.6) is 5.75 Å². The van der Waals surface area contributed by atoms with Crippen LogP contribution in [-0.4, -0.2) is 21.6 Å². The van der Waals surface area contributed by atoms with Gasteiger partial charge in [-0.25, -0.2) is 0 Å². The molecule has 22 heavy (non-hydrogen) atoms. The van der Waals surface area contributed by atoms with Crippen LogP contribution >= 0.6 is 0 Å². The molecular weight excluding hydrogens is 288 g/mol. The Labute approximate surface area is 125 Å². The largest absolute Gasteiger partial charge is 0.433 e. The van der Waals surface area contributed by atoms with Gasteiger partial charge in [-0.05, 0) is 35.4 Å². The predicted molar refractivity (Wildman–Crippen MR) is 77.3 cm³/mol. The maximum Gasteiger partial charge on any atom is 0.387 e. The maximum absolute atomic E-state index is 12.8. The van der Waals surface area contributed by atoms with E-state index in [1.807, 2.05) is 0 Å². The van der Waals surface area contributed by atoms with Crippen LogP contribution in [0.25, 0.3) is 22.3 Å². The second kappa shape index (κ2) is 6.26. The molecule has 0 spiro atoms. The minimum absolute atomic E-state index is 0.0856. The van der Waals surface area contributed by atoms with E-state index >= 15 is 0 Å². The Balaban J connectivity index is 2.19. The highest BCUT2D eigenvalue weighted by Gasteiger charge is 2.17.